The van der Waals surface area contributed by atoms with Gasteiger partial charge in [-0.1, -0.05) is 31.2 Å². The number of nitrogens with one attached hydrogen (secondary N) is 1. The lowest BCUT2D eigenvalue weighted by Gasteiger charge is -2.34. The van der Waals surface area contributed by atoms with Gasteiger partial charge in [0, 0.05) is 11.3 Å². The lowest BCUT2D eigenvalue weighted by Crippen LogP contribution is -2.37. The van der Waals surface area contributed by atoms with Crippen LogP contribution in [0.4, 0.5) is 0 Å². The van der Waals surface area contributed by atoms with Gasteiger partial charge in [0.2, 0.25) is 0 Å². The number of rotatable bonds is 5. The fourth-order valence-electron chi connectivity index (χ4n) is 3.15. The minimum Gasteiger partial charge on any atom is -0.379 e. The lowest BCUT2D eigenvalue weighted by molar-refractivity contribution is 0.0451. The predicted octanol–water partition coefficient (Wildman–Crippen LogP) is 3.56. The molecule has 0 spiro atoms. The average Bonchev–Trinajstić information content (AvgIpc) is 2.60. The summed E-state index contributed by atoms with van der Waals surface area (Å²) in [4.78, 5) is 0. The van der Waals surface area contributed by atoms with E-state index >= 15 is 0 Å². The SMILES string of the molecule is CCCNC1c2ccccc2CCCC1SC1COC1. The van der Waals surface area contributed by atoms with Crippen LogP contribution >= 0.6 is 11.8 Å². The highest BCUT2D eigenvalue weighted by molar-refractivity contribution is 8.00. The Kier molecular flexibility index (Phi) is 5.03. The second-order valence-electron chi connectivity index (χ2n) is 5.86. The van der Waals surface area contributed by atoms with Crippen molar-refractivity contribution in [3.63, 3.8) is 0 Å². The third kappa shape index (κ3) is 3.21. The van der Waals surface area contributed by atoms with Crippen LogP contribution < -0.4 is 5.32 Å². The topological polar surface area (TPSA) is 21.3 Å². The zero-order chi connectivity index (χ0) is 13.8. The van der Waals surface area contributed by atoms with Crippen molar-refractivity contribution in [1.82, 2.24) is 5.32 Å². The smallest absolute Gasteiger partial charge is 0.0608 e. The molecule has 2 nitrogen and oxygen atoms in total. The van der Waals surface area contributed by atoms with E-state index in [1.54, 1.807) is 5.56 Å². The van der Waals surface area contributed by atoms with Crippen molar-refractivity contribution in [3.8, 4) is 0 Å². The molecule has 1 aromatic rings. The number of fused-ring (bicyclic) bond motifs is 1. The fraction of sp³-hybridized carbons (Fsp3) is 0.647. The minimum atomic E-state index is 0.513. The normalized spacial score (nSPS) is 26.6. The molecule has 0 saturated carbocycles. The lowest BCUT2D eigenvalue weighted by atomic mass is 9.99. The summed E-state index contributed by atoms with van der Waals surface area (Å²) < 4.78 is 5.35. The summed E-state index contributed by atoms with van der Waals surface area (Å²) in [6.07, 6.45) is 5.06. The molecular formula is C17H25NOS. The second-order valence-corrected chi connectivity index (χ2v) is 7.40. The van der Waals surface area contributed by atoms with E-state index in [-0.39, 0.29) is 0 Å². The molecular weight excluding hydrogens is 266 g/mol. The van der Waals surface area contributed by atoms with Gasteiger partial charge in [0.1, 0.15) is 0 Å². The van der Waals surface area contributed by atoms with Gasteiger partial charge in [0.25, 0.3) is 0 Å². The summed E-state index contributed by atoms with van der Waals surface area (Å²) in [6.45, 7) is 5.25. The maximum atomic E-state index is 5.35. The van der Waals surface area contributed by atoms with Crippen LogP contribution in [-0.4, -0.2) is 30.3 Å². The molecule has 1 heterocycles. The summed E-state index contributed by atoms with van der Waals surface area (Å²) in [6, 6.07) is 9.54. The fourth-order valence-corrected chi connectivity index (χ4v) is 4.70. The van der Waals surface area contributed by atoms with E-state index < -0.39 is 0 Å². The van der Waals surface area contributed by atoms with Crippen molar-refractivity contribution in [1.29, 1.82) is 0 Å². The Morgan fingerprint density at radius 3 is 2.90 bits per heavy atom. The third-order valence-corrected chi connectivity index (χ3v) is 5.80. The van der Waals surface area contributed by atoms with E-state index in [1.807, 2.05) is 0 Å². The van der Waals surface area contributed by atoms with E-state index in [4.69, 9.17) is 4.74 Å². The number of benzene rings is 1. The van der Waals surface area contributed by atoms with Gasteiger partial charge in [-0.15, -0.1) is 11.8 Å². The van der Waals surface area contributed by atoms with E-state index in [9.17, 15) is 0 Å². The molecule has 1 aliphatic carbocycles. The monoisotopic (exact) mass is 291 g/mol. The van der Waals surface area contributed by atoms with Gasteiger partial charge in [-0.3, -0.25) is 0 Å². The third-order valence-electron chi connectivity index (χ3n) is 4.29. The first-order chi connectivity index (χ1) is 9.88. The second kappa shape index (κ2) is 6.97. The van der Waals surface area contributed by atoms with Crippen LogP contribution in [0.5, 0.6) is 0 Å². The molecule has 110 valence electrons. The quantitative estimate of drug-likeness (QED) is 0.838. The van der Waals surface area contributed by atoms with Crippen LogP contribution in [0.15, 0.2) is 24.3 Å². The van der Waals surface area contributed by atoms with Crippen LogP contribution in [0, 0.1) is 0 Å². The van der Waals surface area contributed by atoms with Gasteiger partial charge in [-0.25, -0.2) is 0 Å². The number of hydrogen-bond acceptors (Lipinski definition) is 3. The first-order valence-electron chi connectivity index (χ1n) is 7.93. The molecule has 1 aliphatic heterocycles. The van der Waals surface area contributed by atoms with Crippen molar-refractivity contribution in [2.24, 2.45) is 0 Å². The first-order valence-corrected chi connectivity index (χ1v) is 8.87. The molecule has 0 bridgehead atoms. The summed E-state index contributed by atoms with van der Waals surface area (Å²) in [7, 11) is 0. The molecule has 0 radical (unpaired) electrons. The van der Waals surface area contributed by atoms with Crippen LogP contribution in [0.1, 0.15) is 43.4 Å². The number of thioether (sulfide) groups is 1. The Morgan fingerprint density at radius 1 is 1.30 bits per heavy atom. The molecule has 1 N–H and O–H groups in total. The van der Waals surface area contributed by atoms with E-state index in [0.717, 1.165) is 25.0 Å². The predicted molar refractivity (Wildman–Crippen MR) is 86.4 cm³/mol. The molecule has 1 saturated heterocycles. The summed E-state index contributed by atoms with van der Waals surface area (Å²) in [5, 5.41) is 5.22. The largest absolute Gasteiger partial charge is 0.379 e. The van der Waals surface area contributed by atoms with Crippen molar-refractivity contribution in [2.45, 2.75) is 49.1 Å². The number of hydrogen-bond donors (Lipinski definition) is 1. The van der Waals surface area contributed by atoms with Crippen LogP contribution in [-0.2, 0) is 11.2 Å². The minimum absolute atomic E-state index is 0.513. The van der Waals surface area contributed by atoms with Gasteiger partial charge >= 0.3 is 0 Å². The van der Waals surface area contributed by atoms with Crippen LogP contribution in [0.25, 0.3) is 0 Å². The summed E-state index contributed by atoms with van der Waals surface area (Å²) >= 11 is 2.16. The number of ether oxygens (including phenoxy) is 1. The van der Waals surface area contributed by atoms with Crippen molar-refractivity contribution in [3.05, 3.63) is 35.4 Å². The first kappa shape index (κ1) is 14.4. The molecule has 0 aromatic heterocycles. The Labute approximate surface area is 126 Å². The summed E-state index contributed by atoms with van der Waals surface area (Å²) in [5.74, 6) is 0. The van der Waals surface area contributed by atoms with Gasteiger partial charge in [0.05, 0.1) is 18.5 Å². The molecule has 0 amide bonds. The standard InChI is InChI=1S/C17H25NOS/c1-2-10-18-17-15-8-4-3-6-13(15)7-5-9-16(17)20-14-11-19-12-14/h3-4,6,8,14,16-18H,2,5,7,9-12H2,1H3. The van der Waals surface area contributed by atoms with Crippen molar-refractivity contribution >= 4 is 11.8 Å². The van der Waals surface area contributed by atoms with Gasteiger partial charge in [0.15, 0.2) is 0 Å². The highest BCUT2D eigenvalue weighted by Crippen LogP contribution is 2.39. The molecule has 3 rings (SSSR count). The highest BCUT2D eigenvalue weighted by Gasteiger charge is 2.31. The maximum absolute atomic E-state index is 5.35. The van der Waals surface area contributed by atoms with E-state index in [2.05, 4.69) is 48.3 Å². The van der Waals surface area contributed by atoms with E-state index in [1.165, 1.54) is 31.2 Å². The maximum Gasteiger partial charge on any atom is 0.0608 e. The summed E-state index contributed by atoms with van der Waals surface area (Å²) in [5.41, 5.74) is 3.09. The molecule has 20 heavy (non-hydrogen) atoms. The molecule has 1 fully saturated rings. The molecule has 3 heteroatoms. The van der Waals surface area contributed by atoms with Crippen molar-refractivity contribution < 1.29 is 4.74 Å². The van der Waals surface area contributed by atoms with Crippen LogP contribution in [0.3, 0.4) is 0 Å². The Hall–Kier alpha value is -0.510. The van der Waals surface area contributed by atoms with Gasteiger partial charge < -0.3 is 10.1 Å². The van der Waals surface area contributed by atoms with Gasteiger partial charge in [-0.2, -0.15) is 0 Å². The Balaban J connectivity index is 1.80. The van der Waals surface area contributed by atoms with Crippen LogP contribution in [0.2, 0.25) is 0 Å². The van der Waals surface area contributed by atoms with Gasteiger partial charge in [-0.05, 0) is 43.4 Å². The highest BCUT2D eigenvalue weighted by atomic mass is 32.2. The molecule has 2 aliphatic rings. The Morgan fingerprint density at radius 2 is 2.15 bits per heavy atom. The van der Waals surface area contributed by atoms with E-state index in [0.29, 0.717) is 11.3 Å². The average molecular weight is 291 g/mol. The zero-order valence-corrected chi connectivity index (χ0v) is 13.1. The number of aryl methyl sites for hydroxylation is 1. The molecule has 2 unspecified atom stereocenters. The molecule has 1 aromatic carbocycles. The zero-order valence-electron chi connectivity index (χ0n) is 12.3. The Bertz CT molecular complexity index is 433. The molecule has 2 atom stereocenters. The van der Waals surface area contributed by atoms with Crippen molar-refractivity contribution in [2.75, 3.05) is 19.8 Å².